The number of benzene rings is 1. The highest BCUT2D eigenvalue weighted by Crippen LogP contribution is 2.53. The van der Waals surface area contributed by atoms with Crippen LogP contribution in [0.25, 0.3) is 33.8 Å². The van der Waals surface area contributed by atoms with Crippen molar-refractivity contribution in [2.24, 2.45) is 5.92 Å². The monoisotopic (exact) mass is 536 g/mol. The number of hydrogen-bond donors (Lipinski definition) is 0. The maximum atomic E-state index is 14.2. The summed E-state index contributed by atoms with van der Waals surface area (Å²) in [4.78, 5) is 54.4. The van der Waals surface area contributed by atoms with E-state index in [1.165, 1.54) is 0 Å². The van der Waals surface area contributed by atoms with Crippen molar-refractivity contribution < 1.29 is 9.59 Å². The summed E-state index contributed by atoms with van der Waals surface area (Å²) in [6.07, 6.45) is 8.38. The predicted molar refractivity (Wildman–Crippen MR) is 150 cm³/mol. The molecule has 1 aliphatic carbocycles. The molecule has 3 aromatic heterocycles. The van der Waals surface area contributed by atoms with Gasteiger partial charge in [-0.2, -0.15) is 0 Å². The maximum Gasteiger partial charge on any atom is 0.257 e. The number of rotatable bonds is 5. The summed E-state index contributed by atoms with van der Waals surface area (Å²) in [6, 6.07) is 6.05. The first-order chi connectivity index (χ1) is 19.3. The van der Waals surface area contributed by atoms with Crippen LogP contribution in [0, 0.1) is 12.8 Å². The Labute approximate surface area is 232 Å². The molecule has 1 spiro atoms. The van der Waals surface area contributed by atoms with Gasteiger partial charge in [-0.15, -0.1) is 0 Å². The number of likely N-dealkylation sites (tertiary alicyclic amines) is 1. The van der Waals surface area contributed by atoms with Crippen LogP contribution in [0.5, 0.6) is 0 Å². The van der Waals surface area contributed by atoms with E-state index in [1.54, 1.807) is 18.7 Å². The summed E-state index contributed by atoms with van der Waals surface area (Å²) < 4.78 is 2.04. The molecule has 10 nitrogen and oxygen atoms in total. The van der Waals surface area contributed by atoms with Crippen LogP contribution in [-0.4, -0.2) is 58.8 Å². The lowest BCUT2D eigenvalue weighted by Crippen LogP contribution is -2.53. The molecule has 1 saturated heterocycles. The topological polar surface area (TPSA) is 110 Å². The summed E-state index contributed by atoms with van der Waals surface area (Å²) >= 11 is 0. The summed E-state index contributed by atoms with van der Waals surface area (Å²) in [7, 11) is 0. The Bertz CT molecular complexity index is 1670. The number of aromatic nitrogens is 6. The fraction of sp³-hybridized carbons (Fsp3) is 0.433. The lowest BCUT2D eigenvalue weighted by Gasteiger charge is -2.35. The SMILES string of the molecule is CCn1c(-c2cnc(C)nc2)nc2c(-c3ccc4c(c3)C3(CCCN3C(=O)C3CC3)C(=O)N4C(C)C)ncnc21. The molecule has 0 radical (unpaired) electrons. The molecular formula is C30H32N8O2. The Morgan fingerprint density at radius 1 is 1.10 bits per heavy atom. The van der Waals surface area contributed by atoms with Gasteiger partial charge in [-0.05, 0) is 65.5 Å². The second-order valence-electron chi connectivity index (χ2n) is 11.3. The van der Waals surface area contributed by atoms with Crippen LogP contribution >= 0.6 is 0 Å². The van der Waals surface area contributed by atoms with Gasteiger partial charge in [-0.25, -0.2) is 24.9 Å². The molecule has 204 valence electrons. The first-order valence-electron chi connectivity index (χ1n) is 14.2. The first-order valence-corrected chi connectivity index (χ1v) is 14.2. The third-order valence-electron chi connectivity index (χ3n) is 8.53. The standard InChI is InChI=1S/C30H32N8O2/c1-5-36-26(21-14-31-18(4)32-15-21)35-25-24(33-16-34-27(25)36)20-9-10-23-22(13-20)30(29(40)38(23)17(2)3)11-6-12-37(30)28(39)19-7-8-19/h9-10,13-17,19H,5-8,11-12H2,1-4H3. The van der Waals surface area contributed by atoms with Crippen molar-refractivity contribution in [1.82, 2.24) is 34.4 Å². The third-order valence-corrected chi connectivity index (χ3v) is 8.53. The minimum atomic E-state index is -0.964. The van der Waals surface area contributed by atoms with Crippen molar-refractivity contribution in [3.8, 4) is 22.6 Å². The Morgan fingerprint density at radius 2 is 1.88 bits per heavy atom. The van der Waals surface area contributed by atoms with Gasteiger partial charge in [-0.1, -0.05) is 6.07 Å². The van der Waals surface area contributed by atoms with Gasteiger partial charge in [0, 0.05) is 48.6 Å². The zero-order valence-corrected chi connectivity index (χ0v) is 23.3. The molecule has 10 heteroatoms. The highest BCUT2D eigenvalue weighted by Gasteiger charge is 2.60. The van der Waals surface area contributed by atoms with Gasteiger partial charge in [0.25, 0.3) is 5.91 Å². The molecule has 1 saturated carbocycles. The molecule has 2 amide bonds. The van der Waals surface area contributed by atoms with Gasteiger partial charge in [0.2, 0.25) is 5.91 Å². The number of amides is 2. The fourth-order valence-corrected chi connectivity index (χ4v) is 6.51. The molecule has 1 unspecified atom stereocenters. The summed E-state index contributed by atoms with van der Waals surface area (Å²) in [5.41, 5.74) is 4.56. The van der Waals surface area contributed by atoms with Crippen molar-refractivity contribution >= 4 is 28.7 Å². The normalized spacial score (nSPS) is 20.4. The van der Waals surface area contributed by atoms with E-state index in [-0.39, 0.29) is 23.8 Å². The zero-order chi connectivity index (χ0) is 27.8. The van der Waals surface area contributed by atoms with Crippen LogP contribution in [0.4, 0.5) is 5.69 Å². The van der Waals surface area contributed by atoms with Crippen LogP contribution < -0.4 is 4.90 Å². The zero-order valence-electron chi connectivity index (χ0n) is 23.3. The van der Waals surface area contributed by atoms with Gasteiger partial charge >= 0.3 is 0 Å². The van der Waals surface area contributed by atoms with Crippen molar-refractivity contribution in [2.45, 2.75) is 71.5 Å². The highest BCUT2D eigenvalue weighted by atomic mass is 16.2. The number of nitrogens with zero attached hydrogens (tertiary/aromatic N) is 8. The molecule has 2 fully saturated rings. The number of anilines is 1. The highest BCUT2D eigenvalue weighted by molar-refractivity contribution is 6.11. The molecular weight excluding hydrogens is 504 g/mol. The molecule has 1 aromatic carbocycles. The van der Waals surface area contributed by atoms with Crippen LogP contribution in [0.3, 0.4) is 0 Å². The van der Waals surface area contributed by atoms with E-state index < -0.39 is 5.54 Å². The van der Waals surface area contributed by atoms with Gasteiger partial charge < -0.3 is 14.4 Å². The van der Waals surface area contributed by atoms with Crippen molar-refractivity contribution in [1.29, 1.82) is 0 Å². The third kappa shape index (κ3) is 3.44. The summed E-state index contributed by atoms with van der Waals surface area (Å²) in [5.74, 6) is 1.59. The second-order valence-corrected chi connectivity index (χ2v) is 11.3. The number of hydrogen-bond acceptors (Lipinski definition) is 7. The molecule has 0 bridgehead atoms. The fourth-order valence-electron chi connectivity index (χ4n) is 6.51. The lowest BCUT2D eigenvalue weighted by atomic mass is 9.86. The first kappa shape index (κ1) is 24.8. The number of imidazole rings is 1. The number of carbonyl (C=O) groups is 2. The van der Waals surface area contributed by atoms with Crippen LogP contribution in [0.15, 0.2) is 36.9 Å². The van der Waals surface area contributed by atoms with E-state index in [0.29, 0.717) is 36.5 Å². The Balaban J connectivity index is 1.41. The van der Waals surface area contributed by atoms with E-state index >= 15 is 0 Å². The Morgan fingerprint density at radius 3 is 2.58 bits per heavy atom. The van der Waals surface area contributed by atoms with Crippen LogP contribution in [0.2, 0.25) is 0 Å². The average Bonchev–Trinajstić information content (AvgIpc) is 3.52. The summed E-state index contributed by atoms with van der Waals surface area (Å²) in [5, 5.41) is 0. The quantitative estimate of drug-likeness (QED) is 0.375. The van der Waals surface area contributed by atoms with Gasteiger partial charge in [-0.3, -0.25) is 9.59 Å². The molecule has 5 heterocycles. The van der Waals surface area contributed by atoms with Crippen molar-refractivity contribution in [2.75, 3.05) is 11.4 Å². The second kappa shape index (κ2) is 8.90. The molecule has 7 rings (SSSR count). The molecule has 3 aliphatic rings. The number of fused-ring (bicyclic) bond motifs is 3. The van der Waals surface area contributed by atoms with Gasteiger partial charge in [0.1, 0.15) is 34.7 Å². The largest absolute Gasteiger partial charge is 0.324 e. The molecule has 0 N–H and O–H groups in total. The molecule has 40 heavy (non-hydrogen) atoms. The van der Waals surface area contributed by atoms with Gasteiger partial charge in [0.05, 0.1) is 11.3 Å². The van der Waals surface area contributed by atoms with Gasteiger partial charge in [0.15, 0.2) is 5.65 Å². The minimum Gasteiger partial charge on any atom is -0.324 e. The molecule has 1 atom stereocenters. The smallest absolute Gasteiger partial charge is 0.257 e. The van der Waals surface area contributed by atoms with Crippen LogP contribution in [0.1, 0.15) is 57.8 Å². The van der Waals surface area contributed by atoms with Crippen molar-refractivity contribution in [3.05, 3.63) is 48.3 Å². The van der Waals surface area contributed by atoms with E-state index in [9.17, 15) is 9.59 Å². The number of aryl methyl sites for hydroxylation is 2. The average molecular weight is 537 g/mol. The van der Waals surface area contributed by atoms with E-state index in [0.717, 1.165) is 53.1 Å². The van der Waals surface area contributed by atoms with E-state index in [2.05, 4.69) is 32.9 Å². The lowest BCUT2D eigenvalue weighted by molar-refractivity contribution is -0.144. The van der Waals surface area contributed by atoms with E-state index in [4.69, 9.17) is 4.98 Å². The number of carbonyl (C=O) groups excluding carboxylic acids is 2. The maximum absolute atomic E-state index is 14.2. The van der Waals surface area contributed by atoms with E-state index in [1.807, 2.05) is 47.3 Å². The van der Waals surface area contributed by atoms with Crippen LogP contribution in [-0.2, 0) is 21.7 Å². The minimum absolute atomic E-state index is 0.00547. The summed E-state index contributed by atoms with van der Waals surface area (Å²) in [6.45, 7) is 9.23. The molecule has 4 aromatic rings. The predicted octanol–water partition coefficient (Wildman–Crippen LogP) is 4.26. The Hall–Kier alpha value is -4.21. The van der Waals surface area contributed by atoms with Crippen molar-refractivity contribution in [3.63, 3.8) is 0 Å². The molecule has 2 aliphatic heterocycles. The Kier molecular flexibility index (Phi) is 5.52.